The van der Waals surface area contributed by atoms with Crippen molar-refractivity contribution in [1.82, 2.24) is 9.78 Å². The zero-order valence-corrected chi connectivity index (χ0v) is 11.5. The van der Waals surface area contributed by atoms with Crippen LogP contribution in [0.2, 0.25) is 0 Å². The fraction of sp³-hybridized carbons (Fsp3) is 0.333. The van der Waals surface area contributed by atoms with Gasteiger partial charge in [-0.05, 0) is 31.0 Å². The Morgan fingerprint density at radius 3 is 2.75 bits per heavy atom. The van der Waals surface area contributed by atoms with Crippen molar-refractivity contribution < 1.29 is 9.84 Å². The Labute approximate surface area is 117 Å². The molecule has 0 fully saturated rings. The Balaban J connectivity index is 2.22. The van der Waals surface area contributed by atoms with Crippen molar-refractivity contribution in [2.45, 2.75) is 12.8 Å². The summed E-state index contributed by atoms with van der Waals surface area (Å²) in [6, 6.07) is 10.8. The van der Waals surface area contributed by atoms with E-state index in [1.165, 1.54) is 10.7 Å². The quantitative estimate of drug-likeness (QED) is 0.813. The predicted molar refractivity (Wildman–Crippen MR) is 76.7 cm³/mol. The maximum atomic E-state index is 11.4. The topological polar surface area (TPSA) is 64.3 Å². The van der Waals surface area contributed by atoms with Crippen molar-refractivity contribution in [2.24, 2.45) is 7.05 Å². The molecule has 20 heavy (non-hydrogen) atoms. The third kappa shape index (κ3) is 3.45. The van der Waals surface area contributed by atoms with E-state index < -0.39 is 0 Å². The molecule has 0 saturated carbocycles. The summed E-state index contributed by atoms with van der Waals surface area (Å²) >= 11 is 0. The van der Waals surface area contributed by atoms with Gasteiger partial charge in [-0.25, -0.2) is 4.68 Å². The summed E-state index contributed by atoms with van der Waals surface area (Å²) in [6.07, 6.45) is 1.52. The highest BCUT2D eigenvalue weighted by atomic mass is 16.5. The highest BCUT2D eigenvalue weighted by Gasteiger charge is 2.08. The number of nitrogens with zero attached hydrogens (tertiary/aromatic N) is 2. The van der Waals surface area contributed by atoms with Crippen molar-refractivity contribution in [2.75, 3.05) is 13.2 Å². The lowest BCUT2D eigenvalue weighted by Crippen LogP contribution is -2.18. The highest BCUT2D eigenvalue weighted by molar-refractivity contribution is 5.66. The molecule has 0 aliphatic heterocycles. The average Bonchev–Trinajstić information content (AvgIpc) is 2.47. The van der Waals surface area contributed by atoms with E-state index in [1.54, 1.807) is 13.1 Å². The lowest BCUT2D eigenvalue weighted by atomic mass is 10.1. The van der Waals surface area contributed by atoms with Gasteiger partial charge in [-0.15, -0.1) is 0 Å². The number of hydrogen-bond acceptors (Lipinski definition) is 4. The number of para-hydroxylation sites is 1. The van der Waals surface area contributed by atoms with Crippen LogP contribution in [0.1, 0.15) is 12.8 Å². The Morgan fingerprint density at radius 2 is 2.00 bits per heavy atom. The Bertz CT molecular complexity index is 623. The largest absolute Gasteiger partial charge is 0.493 e. The van der Waals surface area contributed by atoms with Crippen LogP contribution in [0.25, 0.3) is 11.3 Å². The third-order valence-corrected chi connectivity index (χ3v) is 2.93. The minimum atomic E-state index is -0.143. The van der Waals surface area contributed by atoms with E-state index in [1.807, 2.05) is 24.3 Å². The first kappa shape index (κ1) is 14.3. The Morgan fingerprint density at radius 1 is 1.20 bits per heavy atom. The van der Waals surface area contributed by atoms with Crippen LogP contribution in [-0.2, 0) is 7.05 Å². The SMILES string of the molecule is Cn1nc(-c2ccccc2OCCCCO)ccc1=O. The molecule has 0 aliphatic rings. The number of benzene rings is 1. The van der Waals surface area contributed by atoms with Gasteiger partial charge in [0.15, 0.2) is 0 Å². The van der Waals surface area contributed by atoms with Gasteiger partial charge in [0.05, 0.1) is 12.3 Å². The van der Waals surface area contributed by atoms with E-state index in [9.17, 15) is 4.79 Å². The second-order valence-electron chi connectivity index (χ2n) is 4.46. The van der Waals surface area contributed by atoms with Gasteiger partial charge in [0.25, 0.3) is 5.56 Å². The van der Waals surface area contributed by atoms with Gasteiger partial charge >= 0.3 is 0 Å². The van der Waals surface area contributed by atoms with Crippen molar-refractivity contribution >= 4 is 0 Å². The fourth-order valence-corrected chi connectivity index (χ4v) is 1.85. The van der Waals surface area contributed by atoms with E-state index in [-0.39, 0.29) is 12.2 Å². The smallest absolute Gasteiger partial charge is 0.266 e. The molecule has 1 aromatic carbocycles. The second-order valence-corrected chi connectivity index (χ2v) is 4.46. The van der Waals surface area contributed by atoms with E-state index in [0.717, 1.165) is 24.2 Å². The van der Waals surface area contributed by atoms with E-state index in [0.29, 0.717) is 12.3 Å². The number of unbranched alkanes of at least 4 members (excludes halogenated alkanes) is 1. The van der Waals surface area contributed by atoms with Crippen molar-refractivity contribution in [3.05, 3.63) is 46.8 Å². The summed E-state index contributed by atoms with van der Waals surface area (Å²) < 4.78 is 7.03. The van der Waals surface area contributed by atoms with Crippen molar-refractivity contribution in [3.8, 4) is 17.0 Å². The van der Waals surface area contributed by atoms with Crippen LogP contribution in [0.5, 0.6) is 5.75 Å². The van der Waals surface area contributed by atoms with Crippen LogP contribution in [0, 0.1) is 0 Å². The first-order valence-corrected chi connectivity index (χ1v) is 6.60. The molecule has 0 unspecified atom stereocenters. The van der Waals surface area contributed by atoms with Crippen LogP contribution >= 0.6 is 0 Å². The molecule has 1 heterocycles. The molecule has 0 amide bonds. The normalized spacial score (nSPS) is 10.5. The molecule has 0 bridgehead atoms. The van der Waals surface area contributed by atoms with Gasteiger partial charge in [-0.3, -0.25) is 4.79 Å². The summed E-state index contributed by atoms with van der Waals surface area (Å²) in [7, 11) is 1.62. The van der Waals surface area contributed by atoms with Gasteiger partial charge in [0.1, 0.15) is 5.75 Å². The average molecular weight is 274 g/mol. The molecule has 0 saturated heterocycles. The van der Waals surface area contributed by atoms with Gasteiger partial charge in [-0.1, -0.05) is 12.1 Å². The fourth-order valence-electron chi connectivity index (χ4n) is 1.85. The lowest BCUT2D eigenvalue weighted by molar-refractivity contribution is 0.253. The Hall–Kier alpha value is -2.14. The monoisotopic (exact) mass is 274 g/mol. The number of rotatable bonds is 6. The molecule has 5 nitrogen and oxygen atoms in total. The van der Waals surface area contributed by atoms with Gasteiger partial charge < -0.3 is 9.84 Å². The van der Waals surface area contributed by atoms with E-state index in [4.69, 9.17) is 9.84 Å². The van der Waals surface area contributed by atoms with E-state index in [2.05, 4.69) is 5.10 Å². The number of aliphatic hydroxyl groups is 1. The zero-order valence-electron chi connectivity index (χ0n) is 11.5. The molecule has 1 aromatic heterocycles. The minimum absolute atomic E-state index is 0.143. The molecule has 106 valence electrons. The van der Waals surface area contributed by atoms with Crippen LogP contribution in [-0.4, -0.2) is 28.1 Å². The van der Waals surface area contributed by atoms with Crippen molar-refractivity contribution in [1.29, 1.82) is 0 Å². The maximum Gasteiger partial charge on any atom is 0.266 e. The molecule has 0 aliphatic carbocycles. The Kier molecular flexibility index (Phi) is 4.90. The third-order valence-electron chi connectivity index (χ3n) is 2.93. The molecule has 5 heteroatoms. The zero-order chi connectivity index (χ0) is 14.4. The second kappa shape index (κ2) is 6.86. The number of aryl methyl sites for hydroxylation is 1. The van der Waals surface area contributed by atoms with E-state index >= 15 is 0 Å². The molecule has 0 spiro atoms. The number of ether oxygens (including phenoxy) is 1. The number of aromatic nitrogens is 2. The molecule has 1 N–H and O–H groups in total. The lowest BCUT2D eigenvalue weighted by Gasteiger charge is -2.11. The molecular weight excluding hydrogens is 256 g/mol. The molecule has 0 radical (unpaired) electrons. The standard InChI is InChI=1S/C15H18N2O3/c1-17-15(19)9-8-13(16-17)12-6-2-3-7-14(12)20-11-5-4-10-18/h2-3,6-9,18H,4-5,10-11H2,1H3. The van der Waals surface area contributed by atoms with Crippen LogP contribution in [0.3, 0.4) is 0 Å². The van der Waals surface area contributed by atoms with Gasteiger partial charge in [0, 0.05) is 25.3 Å². The summed E-state index contributed by atoms with van der Waals surface area (Å²) in [6.45, 7) is 0.719. The number of hydrogen-bond donors (Lipinski definition) is 1. The molecule has 0 atom stereocenters. The molecular formula is C15H18N2O3. The summed E-state index contributed by atoms with van der Waals surface area (Å²) in [5, 5.41) is 13.0. The molecule has 2 aromatic rings. The van der Waals surface area contributed by atoms with Gasteiger partial charge in [-0.2, -0.15) is 5.10 Å². The minimum Gasteiger partial charge on any atom is -0.493 e. The first-order chi connectivity index (χ1) is 9.72. The first-order valence-electron chi connectivity index (χ1n) is 6.60. The van der Waals surface area contributed by atoms with Crippen LogP contribution in [0.15, 0.2) is 41.2 Å². The number of aliphatic hydroxyl groups excluding tert-OH is 1. The summed E-state index contributed by atoms with van der Waals surface area (Å²) in [4.78, 5) is 11.4. The van der Waals surface area contributed by atoms with Gasteiger partial charge in [0.2, 0.25) is 0 Å². The summed E-state index contributed by atoms with van der Waals surface area (Å²) in [5.74, 6) is 0.733. The maximum absolute atomic E-state index is 11.4. The van der Waals surface area contributed by atoms with Crippen LogP contribution in [0.4, 0.5) is 0 Å². The summed E-state index contributed by atoms with van der Waals surface area (Å²) in [5.41, 5.74) is 1.41. The predicted octanol–water partition coefficient (Wildman–Crippen LogP) is 1.60. The van der Waals surface area contributed by atoms with Crippen molar-refractivity contribution in [3.63, 3.8) is 0 Å². The molecule has 2 rings (SSSR count). The highest BCUT2D eigenvalue weighted by Crippen LogP contribution is 2.27. The van der Waals surface area contributed by atoms with Crippen LogP contribution < -0.4 is 10.3 Å².